The number of fused-ring (bicyclic) bond motifs is 5. The van der Waals surface area contributed by atoms with E-state index in [-0.39, 0.29) is 5.41 Å². The normalized spacial score (nSPS) is 31.2. The van der Waals surface area contributed by atoms with Gasteiger partial charge in [-0.2, -0.15) is 0 Å². The number of rotatable bonds is 5. The van der Waals surface area contributed by atoms with Gasteiger partial charge in [0.2, 0.25) is 0 Å². The Morgan fingerprint density at radius 2 is 1.86 bits per heavy atom. The van der Waals surface area contributed by atoms with Crippen molar-refractivity contribution >= 4 is 7.67 Å². The van der Waals surface area contributed by atoms with Crippen molar-refractivity contribution in [3.05, 3.63) is 41.2 Å². The first-order valence-electron chi connectivity index (χ1n) is 10.7. The summed E-state index contributed by atoms with van der Waals surface area (Å²) in [6, 6.07) is 6.63. The van der Waals surface area contributed by atoms with E-state index >= 15 is 0 Å². The minimum Gasteiger partial charge on any atom is -0.497 e. The van der Waals surface area contributed by atoms with Crippen LogP contribution in [0.15, 0.2) is 30.0 Å². The number of benzene rings is 1. The van der Waals surface area contributed by atoms with Crippen LogP contribution in [0.5, 0.6) is 5.75 Å². The zero-order valence-corrected chi connectivity index (χ0v) is 19.5. The molecular weight excluding hydrogens is 383 g/mol. The fourth-order valence-corrected chi connectivity index (χ4v) is 7.59. The Morgan fingerprint density at radius 3 is 2.52 bits per heavy atom. The molecule has 4 rings (SSSR count). The van der Waals surface area contributed by atoms with Crippen molar-refractivity contribution in [2.75, 3.05) is 35.3 Å². The lowest BCUT2D eigenvalue weighted by Crippen LogP contribution is -2.41. The molecule has 1 saturated carbocycles. The third-order valence-corrected chi connectivity index (χ3v) is 10.1. The zero-order valence-electron chi connectivity index (χ0n) is 18.6. The number of methoxy groups -OCH3 is 1. The monoisotopic (exact) mass is 418 g/mol. The van der Waals surface area contributed by atoms with Gasteiger partial charge in [-0.3, -0.25) is 0 Å². The minimum atomic E-state index is -3.03. The smallest absolute Gasteiger partial charge is 0.394 e. The average Bonchev–Trinajstić information content (AvgIpc) is 3.03. The van der Waals surface area contributed by atoms with Crippen LogP contribution in [-0.4, -0.2) is 44.6 Å². The van der Waals surface area contributed by atoms with Gasteiger partial charge in [-0.15, -0.1) is 0 Å². The van der Waals surface area contributed by atoms with Gasteiger partial charge in [0, 0.05) is 5.41 Å². The molecule has 3 aliphatic carbocycles. The third kappa shape index (κ3) is 3.26. The summed E-state index contributed by atoms with van der Waals surface area (Å²) >= 11 is 0. The molecule has 0 aliphatic heterocycles. The fourth-order valence-electron chi connectivity index (χ4n) is 6.00. The Balaban J connectivity index is 1.59. The first-order valence-corrected chi connectivity index (χ1v) is 12.3. The maximum atomic E-state index is 13.5. The van der Waals surface area contributed by atoms with Crippen LogP contribution in [0.25, 0.3) is 0 Å². The maximum absolute atomic E-state index is 13.5. The summed E-state index contributed by atoms with van der Waals surface area (Å²) in [5.74, 6) is 3.75. The fraction of sp³-hybridized carbons (Fsp3) is 0.652. The van der Waals surface area contributed by atoms with Crippen molar-refractivity contribution < 1.29 is 13.8 Å². The molecule has 0 saturated heterocycles. The Bertz CT molecular complexity index is 854. The van der Waals surface area contributed by atoms with E-state index in [1.165, 1.54) is 17.5 Å². The number of hydrogen-bond acceptors (Lipinski definition) is 3. The van der Waals surface area contributed by atoms with Crippen LogP contribution >= 0.6 is 7.67 Å². The maximum Gasteiger partial charge on any atom is 0.394 e. The van der Waals surface area contributed by atoms with E-state index in [0.717, 1.165) is 37.2 Å². The summed E-state index contributed by atoms with van der Waals surface area (Å²) < 4.78 is 28.7. The Labute approximate surface area is 175 Å². The molecule has 1 aromatic rings. The zero-order chi connectivity index (χ0) is 21.0. The Kier molecular flexibility index (Phi) is 5.38. The van der Waals surface area contributed by atoms with E-state index in [1.54, 1.807) is 16.5 Å². The average molecular weight is 419 g/mol. The van der Waals surface area contributed by atoms with Crippen LogP contribution in [0.3, 0.4) is 0 Å². The summed E-state index contributed by atoms with van der Waals surface area (Å²) in [6.45, 7) is 2.34. The van der Waals surface area contributed by atoms with Crippen molar-refractivity contribution in [3.63, 3.8) is 0 Å². The van der Waals surface area contributed by atoms with Gasteiger partial charge in [0.15, 0.2) is 0 Å². The lowest BCUT2D eigenvalue weighted by Gasteiger charge is -2.50. The van der Waals surface area contributed by atoms with E-state index in [9.17, 15) is 4.57 Å². The molecule has 0 amide bonds. The molecular formula is C23H35N2O3P. The lowest BCUT2D eigenvalue weighted by molar-refractivity contribution is 0.0493. The van der Waals surface area contributed by atoms with E-state index in [4.69, 9.17) is 9.26 Å². The molecule has 29 heavy (non-hydrogen) atoms. The standard InChI is InChI=1S/C23H35N2O3P/c1-23-14-13-19-18-10-8-17(27-6)15-16(18)7-9-20(19)21(23)11-12-22(23)28-29(26,24(2)3)25(4)5/h8,10,12,15,19-21H,7,9,11,13-14H2,1-6H3/t19-,20-,21+,23+/m1/s1. The molecule has 4 atom stereocenters. The summed E-state index contributed by atoms with van der Waals surface area (Å²) in [7, 11) is 6.04. The van der Waals surface area contributed by atoms with Crippen molar-refractivity contribution in [2.45, 2.75) is 44.9 Å². The van der Waals surface area contributed by atoms with Gasteiger partial charge in [0.25, 0.3) is 0 Å². The number of aryl methyl sites for hydroxylation is 1. The van der Waals surface area contributed by atoms with E-state index in [2.05, 4.69) is 31.2 Å². The van der Waals surface area contributed by atoms with Gasteiger partial charge in [0.05, 0.1) is 7.11 Å². The van der Waals surface area contributed by atoms with Crippen LogP contribution in [-0.2, 0) is 15.5 Å². The van der Waals surface area contributed by atoms with Crippen molar-refractivity contribution in [1.82, 2.24) is 9.34 Å². The highest BCUT2D eigenvalue weighted by Crippen LogP contribution is 2.65. The molecule has 0 unspecified atom stereocenters. The highest BCUT2D eigenvalue weighted by atomic mass is 31.2. The van der Waals surface area contributed by atoms with Gasteiger partial charge < -0.3 is 9.26 Å². The molecule has 6 heteroatoms. The summed E-state index contributed by atoms with van der Waals surface area (Å²) in [6.07, 6.45) is 7.83. The molecule has 160 valence electrons. The molecule has 5 nitrogen and oxygen atoms in total. The number of ether oxygens (including phenoxy) is 1. The summed E-state index contributed by atoms with van der Waals surface area (Å²) in [5.41, 5.74) is 2.96. The first kappa shape index (κ1) is 21.0. The predicted molar refractivity (Wildman–Crippen MR) is 117 cm³/mol. The Hall–Kier alpha value is -1.29. The van der Waals surface area contributed by atoms with Gasteiger partial charge in [-0.1, -0.05) is 13.0 Å². The van der Waals surface area contributed by atoms with Crippen LogP contribution in [0.1, 0.15) is 49.7 Å². The van der Waals surface area contributed by atoms with Crippen LogP contribution < -0.4 is 4.74 Å². The molecule has 0 bridgehead atoms. The number of allylic oxidation sites excluding steroid dienone is 2. The second-order valence-corrected chi connectivity index (χ2v) is 12.3. The van der Waals surface area contributed by atoms with Gasteiger partial charge in [-0.05, 0) is 107 Å². The van der Waals surface area contributed by atoms with Gasteiger partial charge >= 0.3 is 7.67 Å². The molecule has 0 radical (unpaired) electrons. The van der Waals surface area contributed by atoms with Gasteiger partial charge in [-0.25, -0.2) is 13.9 Å². The minimum absolute atomic E-state index is 0.0210. The lowest BCUT2D eigenvalue weighted by atomic mass is 9.55. The van der Waals surface area contributed by atoms with Crippen molar-refractivity contribution in [1.29, 1.82) is 0 Å². The Morgan fingerprint density at radius 1 is 1.14 bits per heavy atom. The molecule has 0 N–H and O–H groups in total. The molecule has 0 aromatic heterocycles. The quantitative estimate of drug-likeness (QED) is 0.608. The summed E-state index contributed by atoms with van der Waals surface area (Å²) in [4.78, 5) is 0. The van der Waals surface area contributed by atoms with Crippen LogP contribution in [0.2, 0.25) is 0 Å². The molecule has 3 aliphatic rings. The molecule has 0 spiro atoms. The number of hydrogen-bond donors (Lipinski definition) is 0. The van der Waals surface area contributed by atoms with E-state index in [1.807, 2.05) is 28.2 Å². The van der Waals surface area contributed by atoms with E-state index < -0.39 is 7.67 Å². The topological polar surface area (TPSA) is 42.0 Å². The highest BCUT2D eigenvalue weighted by molar-refractivity contribution is 7.53. The predicted octanol–water partition coefficient (Wildman–Crippen LogP) is 5.29. The second kappa shape index (κ2) is 7.44. The highest BCUT2D eigenvalue weighted by Gasteiger charge is 2.54. The van der Waals surface area contributed by atoms with Gasteiger partial charge in [0.1, 0.15) is 11.5 Å². The van der Waals surface area contributed by atoms with Crippen molar-refractivity contribution in [2.24, 2.45) is 17.3 Å². The van der Waals surface area contributed by atoms with E-state index in [0.29, 0.717) is 17.8 Å². The SMILES string of the molecule is COc1ccc2c(c1)CC[C@@H]1[C@@H]2CC[C@]2(C)C(OP(=O)(N(C)C)N(C)C)=CC[C@@H]12. The summed E-state index contributed by atoms with van der Waals surface area (Å²) in [5, 5.41) is 0. The second-order valence-electron chi connectivity index (χ2n) is 9.52. The van der Waals surface area contributed by atoms with Crippen LogP contribution in [0.4, 0.5) is 0 Å². The molecule has 1 fully saturated rings. The van der Waals surface area contributed by atoms with Crippen LogP contribution in [0, 0.1) is 17.3 Å². The molecule has 1 aromatic carbocycles. The van der Waals surface area contributed by atoms with Crippen molar-refractivity contribution in [3.8, 4) is 5.75 Å². The first-order chi connectivity index (χ1) is 13.7. The number of nitrogens with zero attached hydrogens (tertiary/aromatic N) is 2. The molecule has 0 heterocycles. The largest absolute Gasteiger partial charge is 0.497 e. The third-order valence-electron chi connectivity index (χ3n) is 7.67.